The van der Waals surface area contributed by atoms with E-state index in [1.807, 2.05) is 0 Å². The lowest BCUT2D eigenvalue weighted by Crippen LogP contribution is -2.41. The van der Waals surface area contributed by atoms with Crippen molar-refractivity contribution < 1.29 is 19.6 Å². The van der Waals surface area contributed by atoms with Gasteiger partial charge in [-0.15, -0.1) is 0 Å². The van der Waals surface area contributed by atoms with Crippen LogP contribution in [-0.2, 0) is 0 Å². The fraction of sp³-hybridized carbons (Fsp3) is 0.500. The van der Waals surface area contributed by atoms with Crippen molar-refractivity contribution in [2.45, 2.75) is 18.9 Å². The molecule has 0 radical (unpaired) electrons. The zero-order valence-electron chi connectivity index (χ0n) is 9.93. The van der Waals surface area contributed by atoms with Crippen molar-refractivity contribution in [1.82, 2.24) is 14.9 Å². The number of nitro groups is 1. The van der Waals surface area contributed by atoms with Gasteiger partial charge in [-0.05, 0) is 0 Å². The van der Waals surface area contributed by atoms with E-state index in [2.05, 4.69) is 9.97 Å². The van der Waals surface area contributed by atoms with Crippen LogP contribution < -0.4 is 4.74 Å². The summed E-state index contributed by atoms with van der Waals surface area (Å²) in [6.07, 6.45) is 2.14. The summed E-state index contributed by atoms with van der Waals surface area (Å²) in [4.78, 5) is 29.4. The molecule has 0 saturated carbocycles. The van der Waals surface area contributed by atoms with Gasteiger partial charge in [0.25, 0.3) is 0 Å². The molecule has 0 atom stereocenters. The van der Waals surface area contributed by atoms with Crippen LogP contribution in [0.1, 0.15) is 12.8 Å². The molecule has 1 N–H and O–H groups in total. The molecule has 9 nitrogen and oxygen atoms in total. The molecule has 1 saturated heterocycles. The molecule has 0 bridgehead atoms. The predicted molar refractivity (Wildman–Crippen MR) is 61.9 cm³/mol. The SMILES string of the molecule is O=C(O)N1CCC(Oc2ncc([N+](=O)[O-])cn2)CC1. The summed E-state index contributed by atoms with van der Waals surface area (Å²) in [5, 5.41) is 19.2. The van der Waals surface area contributed by atoms with Crippen LogP contribution in [0, 0.1) is 10.1 Å². The van der Waals surface area contributed by atoms with E-state index in [0.717, 1.165) is 12.4 Å². The van der Waals surface area contributed by atoms with E-state index in [4.69, 9.17) is 9.84 Å². The highest BCUT2D eigenvalue weighted by Gasteiger charge is 2.24. The number of carbonyl (C=O) groups is 1. The van der Waals surface area contributed by atoms with Crippen LogP contribution in [0.5, 0.6) is 6.01 Å². The molecule has 9 heteroatoms. The molecule has 0 unspecified atom stereocenters. The summed E-state index contributed by atoms with van der Waals surface area (Å²) < 4.78 is 5.45. The number of aromatic nitrogens is 2. The number of piperidine rings is 1. The van der Waals surface area contributed by atoms with Gasteiger partial charge in [0.2, 0.25) is 0 Å². The van der Waals surface area contributed by atoms with Crippen molar-refractivity contribution in [1.29, 1.82) is 0 Å². The molecule has 1 aliphatic rings. The topological polar surface area (TPSA) is 119 Å². The quantitative estimate of drug-likeness (QED) is 0.639. The Labute approximate surface area is 108 Å². The first-order valence-corrected chi connectivity index (χ1v) is 5.67. The zero-order chi connectivity index (χ0) is 13.8. The number of amides is 1. The fourth-order valence-electron chi connectivity index (χ4n) is 1.78. The Morgan fingerprint density at radius 3 is 2.47 bits per heavy atom. The molecular weight excluding hydrogens is 256 g/mol. The highest BCUT2D eigenvalue weighted by molar-refractivity contribution is 5.65. The van der Waals surface area contributed by atoms with Crippen molar-refractivity contribution in [3.05, 3.63) is 22.5 Å². The second-order valence-corrected chi connectivity index (χ2v) is 4.07. The Hall–Kier alpha value is -2.45. The Balaban J connectivity index is 1.88. The van der Waals surface area contributed by atoms with E-state index >= 15 is 0 Å². The minimum Gasteiger partial charge on any atom is -0.465 e. The Kier molecular flexibility index (Phi) is 3.74. The summed E-state index contributed by atoms with van der Waals surface area (Å²) in [7, 11) is 0. The van der Waals surface area contributed by atoms with Crippen LogP contribution in [0.4, 0.5) is 10.5 Å². The molecule has 1 amide bonds. The van der Waals surface area contributed by atoms with Gasteiger partial charge < -0.3 is 14.7 Å². The van der Waals surface area contributed by atoms with Crippen LogP contribution in [-0.4, -0.2) is 50.2 Å². The lowest BCUT2D eigenvalue weighted by molar-refractivity contribution is -0.385. The Bertz CT molecular complexity index is 469. The Morgan fingerprint density at radius 2 is 2.00 bits per heavy atom. The average Bonchev–Trinajstić information content (AvgIpc) is 2.40. The summed E-state index contributed by atoms with van der Waals surface area (Å²) >= 11 is 0. The van der Waals surface area contributed by atoms with Gasteiger partial charge in [-0.3, -0.25) is 10.1 Å². The zero-order valence-corrected chi connectivity index (χ0v) is 9.93. The maximum atomic E-state index is 10.7. The number of ether oxygens (including phenoxy) is 1. The smallest absolute Gasteiger partial charge is 0.407 e. The lowest BCUT2D eigenvalue weighted by atomic mass is 10.1. The molecule has 102 valence electrons. The van der Waals surface area contributed by atoms with Crippen LogP contribution in [0.3, 0.4) is 0 Å². The van der Waals surface area contributed by atoms with E-state index in [1.54, 1.807) is 0 Å². The van der Waals surface area contributed by atoms with Gasteiger partial charge in [-0.2, -0.15) is 9.97 Å². The van der Waals surface area contributed by atoms with Crippen molar-refractivity contribution in [3.63, 3.8) is 0 Å². The number of nitrogens with zero attached hydrogens (tertiary/aromatic N) is 4. The number of hydrogen-bond acceptors (Lipinski definition) is 6. The van der Waals surface area contributed by atoms with Gasteiger partial charge in [-0.25, -0.2) is 4.79 Å². The molecule has 2 heterocycles. The van der Waals surface area contributed by atoms with Crippen molar-refractivity contribution in [2.24, 2.45) is 0 Å². The van der Waals surface area contributed by atoms with E-state index in [1.165, 1.54) is 4.90 Å². The molecular formula is C10H12N4O5. The second kappa shape index (κ2) is 5.46. The van der Waals surface area contributed by atoms with E-state index in [-0.39, 0.29) is 17.8 Å². The molecule has 0 aromatic carbocycles. The minimum atomic E-state index is -0.940. The number of carboxylic acid groups (broad SMARTS) is 1. The molecule has 1 aliphatic heterocycles. The summed E-state index contributed by atoms with van der Waals surface area (Å²) in [6.45, 7) is 0.792. The first kappa shape index (κ1) is 13.0. The standard InChI is InChI=1S/C10H12N4O5/c15-10(16)13-3-1-8(2-4-13)19-9-11-5-7(6-12-9)14(17)18/h5-6,8H,1-4H2,(H,15,16). The number of rotatable bonds is 3. The number of hydrogen-bond donors (Lipinski definition) is 1. The van der Waals surface area contributed by atoms with Gasteiger partial charge in [0, 0.05) is 25.9 Å². The van der Waals surface area contributed by atoms with Crippen LogP contribution in [0.25, 0.3) is 0 Å². The maximum absolute atomic E-state index is 10.7. The fourth-order valence-corrected chi connectivity index (χ4v) is 1.78. The summed E-state index contributed by atoms with van der Waals surface area (Å²) in [6, 6.07) is 0.0689. The summed E-state index contributed by atoms with van der Waals surface area (Å²) in [5.74, 6) is 0. The molecule has 1 fully saturated rings. The minimum absolute atomic E-state index is 0.0689. The third-order valence-electron chi connectivity index (χ3n) is 2.81. The van der Waals surface area contributed by atoms with Crippen molar-refractivity contribution in [2.75, 3.05) is 13.1 Å². The van der Waals surface area contributed by atoms with Crippen LogP contribution in [0.2, 0.25) is 0 Å². The maximum Gasteiger partial charge on any atom is 0.407 e. The van der Waals surface area contributed by atoms with E-state index in [9.17, 15) is 14.9 Å². The third-order valence-corrected chi connectivity index (χ3v) is 2.81. The third kappa shape index (κ3) is 3.27. The van der Waals surface area contributed by atoms with E-state index < -0.39 is 11.0 Å². The summed E-state index contributed by atoms with van der Waals surface area (Å²) in [5.41, 5.74) is -0.201. The molecule has 0 spiro atoms. The van der Waals surface area contributed by atoms with Crippen LogP contribution >= 0.6 is 0 Å². The normalized spacial score (nSPS) is 16.1. The predicted octanol–water partition coefficient (Wildman–Crippen LogP) is 0.906. The van der Waals surface area contributed by atoms with Crippen molar-refractivity contribution in [3.8, 4) is 6.01 Å². The lowest BCUT2D eigenvalue weighted by Gasteiger charge is -2.29. The molecule has 1 aromatic heterocycles. The highest BCUT2D eigenvalue weighted by Crippen LogP contribution is 2.17. The Morgan fingerprint density at radius 1 is 1.42 bits per heavy atom. The molecule has 19 heavy (non-hydrogen) atoms. The molecule has 1 aromatic rings. The largest absolute Gasteiger partial charge is 0.465 e. The second-order valence-electron chi connectivity index (χ2n) is 4.07. The van der Waals surface area contributed by atoms with Crippen LogP contribution in [0.15, 0.2) is 12.4 Å². The first-order valence-electron chi connectivity index (χ1n) is 5.67. The molecule has 2 rings (SSSR count). The highest BCUT2D eigenvalue weighted by atomic mass is 16.6. The van der Waals surface area contributed by atoms with Gasteiger partial charge in [0.15, 0.2) is 0 Å². The van der Waals surface area contributed by atoms with Gasteiger partial charge in [0.05, 0.1) is 4.92 Å². The number of likely N-dealkylation sites (tertiary alicyclic amines) is 1. The van der Waals surface area contributed by atoms with E-state index in [0.29, 0.717) is 25.9 Å². The average molecular weight is 268 g/mol. The molecule has 0 aliphatic carbocycles. The first-order chi connectivity index (χ1) is 9.06. The van der Waals surface area contributed by atoms with Crippen molar-refractivity contribution >= 4 is 11.8 Å². The monoisotopic (exact) mass is 268 g/mol. The van der Waals surface area contributed by atoms with Gasteiger partial charge in [0.1, 0.15) is 18.5 Å². The van der Waals surface area contributed by atoms with Gasteiger partial charge in [-0.1, -0.05) is 0 Å². The van der Waals surface area contributed by atoms with Gasteiger partial charge >= 0.3 is 17.8 Å².